The van der Waals surface area contributed by atoms with Crippen LogP contribution in [0.25, 0.3) is 0 Å². The van der Waals surface area contributed by atoms with Crippen molar-refractivity contribution in [2.45, 2.75) is 24.2 Å². The normalized spacial score (nSPS) is 17.7. The van der Waals surface area contributed by atoms with Gasteiger partial charge in [-0.15, -0.1) is 19.8 Å². The number of carbonyl (C=O) groups excluding carboxylic acids is 1. The average Bonchev–Trinajstić information content (AvgIpc) is 2.64. The van der Waals surface area contributed by atoms with E-state index in [4.69, 9.17) is 0 Å². The molecule has 1 aromatic rings. The average molecular weight is 421 g/mol. The van der Waals surface area contributed by atoms with Gasteiger partial charge in [0.2, 0.25) is 15.9 Å². The first kappa shape index (κ1) is 22.2. The Balaban J connectivity index is 1.99. The van der Waals surface area contributed by atoms with Crippen LogP contribution in [-0.4, -0.2) is 68.7 Å². The van der Waals surface area contributed by atoms with E-state index in [1.165, 1.54) is 4.31 Å². The number of sulfonamides is 1. The van der Waals surface area contributed by atoms with E-state index in [0.29, 0.717) is 19.6 Å². The summed E-state index contributed by atoms with van der Waals surface area (Å²) in [4.78, 5) is 13.8. The summed E-state index contributed by atoms with van der Waals surface area (Å²) in [5.41, 5.74) is 0. The van der Waals surface area contributed by atoms with Gasteiger partial charge in [-0.2, -0.15) is 4.31 Å². The molecule has 0 aromatic heterocycles. The van der Waals surface area contributed by atoms with E-state index >= 15 is 0 Å². The van der Waals surface area contributed by atoms with Crippen molar-refractivity contribution in [2.24, 2.45) is 0 Å². The fraction of sp³-hybridized carbons (Fsp3) is 0.471. The second kappa shape index (κ2) is 8.93. The zero-order chi connectivity index (χ0) is 20.9. The van der Waals surface area contributed by atoms with Crippen molar-refractivity contribution in [3.05, 3.63) is 36.9 Å². The highest BCUT2D eigenvalue weighted by Crippen LogP contribution is 2.25. The summed E-state index contributed by atoms with van der Waals surface area (Å²) in [6.07, 6.45) is -3.27. The number of nitrogens with one attached hydrogen (secondary N) is 1. The molecule has 2 rings (SSSR count). The minimum absolute atomic E-state index is 0.118. The molecule has 1 unspecified atom stereocenters. The SMILES string of the molecule is C=CCNC(=O)C(C)N1CCN(S(=O)(=O)c2ccc(OC(F)(F)F)cc2)CC1. The van der Waals surface area contributed by atoms with Gasteiger partial charge in [-0.1, -0.05) is 6.08 Å². The summed E-state index contributed by atoms with van der Waals surface area (Å²) >= 11 is 0. The van der Waals surface area contributed by atoms with Crippen LogP contribution in [0.2, 0.25) is 0 Å². The van der Waals surface area contributed by atoms with Crippen LogP contribution in [0.5, 0.6) is 5.75 Å². The van der Waals surface area contributed by atoms with Crippen molar-refractivity contribution in [1.29, 1.82) is 0 Å². The summed E-state index contributed by atoms with van der Waals surface area (Å²) < 4.78 is 67.0. The van der Waals surface area contributed by atoms with Crippen LogP contribution in [0.4, 0.5) is 13.2 Å². The number of rotatable bonds is 7. The van der Waals surface area contributed by atoms with E-state index in [1.807, 2.05) is 4.90 Å². The van der Waals surface area contributed by atoms with Crippen LogP contribution < -0.4 is 10.1 Å². The number of halogens is 3. The molecule has 1 fully saturated rings. The van der Waals surface area contributed by atoms with Crippen molar-refractivity contribution in [1.82, 2.24) is 14.5 Å². The minimum atomic E-state index is -4.84. The smallest absolute Gasteiger partial charge is 0.406 e. The molecule has 1 atom stereocenters. The van der Waals surface area contributed by atoms with Gasteiger partial charge in [0.15, 0.2) is 0 Å². The van der Waals surface area contributed by atoms with Crippen LogP contribution in [0.3, 0.4) is 0 Å². The molecule has 1 N–H and O–H groups in total. The summed E-state index contributed by atoms with van der Waals surface area (Å²) in [6, 6.07) is 3.66. The Morgan fingerprint density at radius 3 is 2.32 bits per heavy atom. The van der Waals surface area contributed by atoms with Gasteiger partial charge in [0.25, 0.3) is 0 Å². The lowest BCUT2D eigenvalue weighted by molar-refractivity contribution is -0.274. The molecule has 0 spiro atoms. The first-order valence-corrected chi connectivity index (χ1v) is 9.97. The molecule has 0 radical (unpaired) electrons. The maximum atomic E-state index is 12.7. The largest absolute Gasteiger partial charge is 0.573 e. The molecule has 11 heteroatoms. The van der Waals surface area contributed by atoms with Crippen LogP contribution in [0.1, 0.15) is 6.92 Å². The van der Waals surface area contributed by atoms with Crippen LogP contribution in [-0.2, 0) is 14.8 Å². The standard InChI is InChI=1S/C17H22F3N3O4S/c1-3-8-21-16(24)13(2)22-9-11-23(12-10-22)28(25,26)15-6-4-14(5-7-15)27-17(18,19)20/h3-7,13H,1,8-12H2,2H3,(H,21,24). The van der Waals surface area contributed by atoms with Gasteiger partial charge in [-0.25, -0.2) is 8.42 Å². The van der Waals surface area contributed by atoms with Gasteiger partial charge < -0.3 is 10.1 Å². The predicted molar refractivity (Wildman–Crippen MR) is 96.1 cm³/mol. The van der Waals surface area contributed by atoms with Crippen molar-refractivity contribution >= 4 is 15.9 Å². The topological polar surface area (TPSA) is 79.0 Å². The van der Waals surface area contributed by atoms with Gasteiger partial charge in [-0.05, 0) is 31.2 Å². The minimum Gasteiger partial charge on any atom is -0.406 e. The van der Waals surface area contributed by atoms with Gasteiger partial charge in [0.1, 0.15) is 5.75 Å². The second-order valence-corrected chi connectivity index (χ2v) is 8.11. The fourth-order valence-electron chi connectivity index (χ4n) is 2.78. The molecule has 0 saturated carbocycles. The lowest BCUT2D eigenvalue weighted by Crippen LogP contribution is -2.54. The third kappa shape index (κ3) is 5.69. The predicted octanol–water partition coefficient (Wildman–Crippen LogP) is 1.58. The molecule has 1 saturated heterocycles. The third-order valence-electron chi connectivity index (χ3n) is 4.32. The highest BCUT2D eigenvalue weighted by atomic mass is 32.2. The molecule has 1 aliphatic rings. The molecular formula is C17H22F3N3O4S. The van der Waals surface area contributed by atoms with Crippen LogP contribution in [0, 0.1) is 0 Å². The number of hydrogen-bond acceptors (Lipinski definition) is 5. The maximum Gasteiger partial charge on any atom is 0.573 e. The van der Waals surface area contributed by atoms with Crippen molar-refractivity contribution in [3.8, 4) is 5.75 Å². The number of amides is 1. The molecule has 1 aliphatic heterocycles. The Bertz CT molecular complexity index is 789. The molecule has 0 bridgehead atoms. The second-order valence-electron chi connectivity index (χ2n) is 6.17. The summed E-state index contributed by atoms with van der Waals surface area (Å²) in [5.74, 6) is -0.660. The number of piperazine rings is 1. The number of alkyl halides is 3. The first-order valence-electron chi connectivity index (χ1n) is 8.53. The van der Waals surface area contributed by atoms with E-state index in [2.05, 4.69) is 16.6 Å². The molecule has 1 heterocycles. The van der Waals surface area contributed by atoms with Crippen molar-refractivity contribution in [2.75, 3.05) is 32.7 Å². The summed E-state index contributed by atoms with van der Waals surface area (Å²) in [5, 5.41) is 2.70. The molecule has 156 valence electrons. The fourth-order valence-corrected chi connectivity index (χ4v) is 4.20. The van der Waals surface area contributed by atoms with Gasteiger partial charge in [-0.3, -0.25) is 9.69 Å². The molecular weight excluding hydrogens is 399 g/mol. The molecule has 7 nitrogen and oxygen atoms in total. The molecule has 0 aliphatic carbocycles. The van der Waals surface area contributed by atoms with Crippen LogP contribution >= 0.6 is 0 Å². The number of ether oxygens (including phenoxy) is 1. The summed E-state index contributed by atoms with van der Waals surface area (Å²) in [7, 11) is -3.85. The Labute approximate surface area is 161 Å². The number of nitrogens with zero attached hydrogens (tertiary/aromatic N) is 2. The van der Waals surface area contributed by atoms with Crippen molar-refractivity contribution < 1.29 is 31.1 Å². The van der Waals surface area contributed by atoms with E-state index in [1.54, 1.807) is 13.0 Å². The lowest BCUT2D eigenvalue weighted by Gasteiger charge is -2.36. The zero-order valence-corrected chi connectivity index (χ0v) is 16.1. The van der Waals surface area contributed by atoms with Gasteiger partial charge in [0, 0.05) is 32.7 Å². The monoisotopic (exact) mass is 421 g/mol. The first-order chi connectivity index (χ1) is 13.0. The third-order valence-corrected chi connectivity index (χ3v) is 6.23. The number of carbonyl (C=O) groups is 1. The number of hydrogen-bond donors (Lipinski definition) is 1. The lowest BCUT2D eigenvalue weighted by atomic mass is 10.2. The highest BCUT2D eigenvalue weighted by molar-refractivity contribution is 7.89. The molecule has 1 aromatic carbocycles. The van der Waals surface area contributed by atoms with Gasteiger partial charge in [0.05, 0.1) is 10.9 Å². The summed E-state index contributed by atoms with van der Waals surface area (Å²) in [6.45, 7) is 6.67. The number of benzene rings is 1. The Morgan fingerprint density at radius 2 is 1.82 bits per heavy atom. The Hall–Kier alpha value is -2.11. The van der Waals surface area contributed by atoms with E-state index < -0.39 is 28.2 Å². The molecule has 28 heavy (non-hydrogen) atoms. The van der Waals surface area contributed by atoms with E-state index in [0.717, 1.165) is 24.3 Å². The van der Waals surface area contributed by atoms with E-state index in [-0.39, 0.29) is 23.9 Å². The quantitative estimate of drug-likeness (QED) is 0.677. The van der Waals surface area contributed by atoms with E-state index in [9.17, 15) is 26.4 Å². The Kier molecular flexibility index (Phi) is 7.07. The highest BCUT2D eigenvalue weighted by Gasteiger charge is 2.33. The zero-order valence-electron chi connectivity index (χ0n) is 15.3. The molecule has 1 amide bonds. The van der Waals surface area contributed by atoms with Gasteiger partial charge >= 0.3 is 6.36 Å². The van der Waals surface area contributed by atoms with Crippen LogP contribution in [0.15, 0.2) is 41.8 Å². The Morgan fingerprint density at radius 1 is 1.25 bits per heavy atom. The van der Waals surface area contributed by atoms with Crippen molar-refractivity contribution in [3.63, 3.8) is 0 Å². The maximum absolute atomic E-state index is 12.7.